The third kappa shape index (κ3) is 2.90. The Bertz CT molecular complexity index is 564. The number of rotatable bonds is 3. The molecule has 5 nitrogen and oxygen atoms in total. The van der Waals surface area contributed by atoms with Crippen LogP contribution in [-0.2, 0) is 4.79 Å². The van der Waals surface area contributed by atoms with Crippen LogP contribution in [0.3, 0.4) is 0 Å². The van der Waals surface area contributed by atoms with Crippen molar-refractivity contribution in [2.45, 2.75) is 18.9 Å². The summed E-state index contributed by atoms with van der Waals surface area (Å²) in [5.41, 5.74) is 0.895. The van der Waals surface area contributed by atoms with Crippen LogP contribution in [0.5, 0.6) is 0 Å². The van der Waals surface area contributed by atoms with Crippen molar-refractivity contribution in [1.82, 2.24) is 15.1 Å². The lowest BCUT2D eigenvalue weighted by molar-refractivity contribution is -0.129. The third-order valence-corrected chi connectivity index (χ3v) is 4.09. The Balaban J connectivity index is 1.69. The summed E-state index contributed by atoms with van der Waals surface area (Å²) in [5.74, 6) is -0.446. The molecule has 112 valence electrons. The van der Waals surface area contributed by atoms with Crippen molar-refractivity contribution in [2.75, 3.05) is 26.2 Å². The first-order valence-corrected chi connectivity index (χ1v) is 7.23. The smallest absolute Gasteiger partial charge is 0.324 e. The van der Waals surface area contributed by atoms with Gasteiger partial charge in [0.15, 0.2) is 0 Å². The molecular weight excluding hydrogens is 273 g/mol. The summed E-state index contributed by atoms with van der Waals surface area (Å²) in [6.07, 6.45) is 1.88. The maximum absolute atomic E-state index is 13.4. The van der Waals surface area contributed by atoms with E-state index >= 15 is 0 Å². The van der Waals surface area contributed by atoms with Crippen LogP contribution in [0.2, 0.25) is 0 Å². The minimum atomic E-state index is -0.318. The standard InChI is InChI=1S/C15H18FN3O2/c16-12-4-1-3-11(9-12)13-5-2-7-18(13)10-14(20)19-8-6-17-15(19)21/h1,3-4,9,13H,2,5-8,10H2,(H,17,21)/t13-/m1/s1. The second-order valence-electron chi connectivity index (χ2n) is 5.46. The molecule has 3 amide bonds. The molecule has 6 heteroatoms. The summed E-state index contributed by atoms with van der Waals surface area (Å²) >= 11 is 0. The zero-order chi connectivity index (χ0) is 14.8. The molecule has 0 bridgehead atoms. The number of imide groups is 1. The molecule has 3 rings (SSSR count). The number of amides is 3. The van der Waals surface area contributed by atoms with Crippen molar-refractivity contribution in [1.29, 1.82) is 0 Å². The Hall–Kier alpha value is -1.95. The van der Waals surface area contributed by atoms with Gasteiger partial charge in [0.25, 0.3) is 0 Å². The second kappa shape index (κ2) is 5.81. The molecule has 2 aliphatic rings. The summed E-state index contributed by atoms with van der Waals surface area (Å²) in [5, 5.41) is 2.62. The summed E-state index contributed by atoms with van der Waals surface area (Å²) < 4.78 is 13.4. The summed E-state index contributed by atoms with van der Waals surface area (Å²) in [4.78, 5) is 27.0. The van der Waals surface area contributed by atoms with Crippen molar-refractivity contribution in [3.63, 3.8) is 0 Å². The van der Waals surface area contributed by atoms with Crippen LogP contribution in [0, 0.1) is 5.82 Å². The van der Waals surface area contributed by atoms with E-state index in [1.807, 2.05) is 11.0 Å². The van der Waals surface area contributed by atoms with Crippen LogP contribution in [0.1, 0.15) is 24.4 Å². The van der Waals surface area contributed by atoms with Gasteiger partial charge in [-0.2, -0.15) is 0 Å². The number of nitrogens with one attached hydrogen (secondary N) is 1. The van der Waals surface area contributed by atoms with Crippen molar-refractivity contribution in [3.05, 3.63) is 35.6 Å². The second-order valence-corrected chi connectivity index (χ2v) is 5.46. The fourth-order valence-electron chi connectivity index (χ4n) is 3.08. The van der Waals surface area contributed by atoms with Gasteiger partial charge in [-0.15, -0.1) is 0 Å². The number of carbonyl (C=O) groups excluding carboxylic acids is 2. The number of hydrogen-bond donors (Lipinski definition) is 1. The molecule has 2 aliphatic heterocycles. The summed E-state index contributed by atoms with van der Waals surface area (Å²) in [6.45, 7) is 1.94. The van der Waals surface area contributed by atoms with Gasteiger partial charge in [-0.1, -0.05) is 12.1 Å². The molecule has 2 saturated heterocycles. The van der Waals surface area contributed by atoms with Crippen LogP contribution in [0.25, 0.3) is 0 Å². The zero-order valence-electron chi connectivity index (χ0n) is 11.7. The summed E-state index contributed by atoms with van der Waals surface area (Å²) in [7, 11) is 0. The number of urea groups is 1. The highest BCUT2D eigenvalue weighted by molar-refractivity contribution is 5.96. The Labute approximate surface area is 122 Å². The van der Waals surface area contributed by atoms with Gasteiger partial charge in [-0.05, 0) is 37.1 Å². The van der Waals surface area contributed by atoms with Crippen molar-refractivity contribution in [3.8, 4) is 0 Å². The highest BCUT2D eigenvalue weighted by Crippen LogP contribution is 2.31. The van der Waals surface area contributed by atoms with E-state index in [0.29, 0.717) is 13.1 Å². The molecule has 1 atom stereocenters. The van der Waals surface area contributed by atoms with Crippen LogP contribution >= 0.6 is 0 Å². The van der Waals surface area contributed by atoms with Gasteiger partial charge in [-0.25, -0.2) is 9.18 Å². The molecule has 2 fully saturated rings. The lowest BCUT2D eigenvalue weighted by atomic mass is 10.0. The molecule has 0 aliphatic carbocycles. The van der Waals surface area contributed by atoms with Gasteiger partial charge in [0, 0.05) is 19.1 Å². The monoisotopic (exact) mass is 291 g/mol. The van der Waals surface area contributed by atoms with Crippen molar-refractivity contribution >= 4 is 11.9 Å². The fraction of sp³-hybridized carbons (Fsp3) is 0.467. The Kier molecular flexibility index (Phi) is 3.88. The first-order valence-electron chi connectivity index (χ1n) is 7.23. The van der Waals surface area contributed by atoms with Crippen molar-refractivity contribution in [2.24, 2.45) is 0 Å². The summed E-state index contributed by atoms with van der Waals surface area (Å²) in [6, 6.07) is 6.26. The molecule has 0 aromatic heterocycles. The van der Waals surface area contributed by atoms with Gasteiger partial charge in [0.1, 0.15) is 5.82 Å². The predicted octanol–water partition coefficient (Wildman–Crippen LogP) is 1.51. The average molecular weight is 291 g/mol. The first-order chi connectivity index (χ1) is 10.1. The van der Waals surface area contributed by atoms with Crippen LogP contribution in [0.4, 0.5) is 9.18 Å². The normalized spacial score (nSPS) is 22.6. The number of carbonyl (C=O) groups is 2. The lowest BCUT2D eigenvalue weighted by Gasteiger charge is -2.25. The highest BCUT2D eigenvalue weighted by Gasteiger charge is 2.32. The van der Waals surface area contributed by atoms with Gasteiger partial charge < -0.3 is 5.32 Å². The number of halogens is 1. The Morgan fingerprint density at radius 3 is 2.95 bits per heavy atom. The quantitative estimate of drug-likeness (QED) is 0.918. The first kappa shape index (κ1) is 14.0. The van der Waals surface area contributed by atoms with E-state index in [4.69, 9.17) is 0 Å². The van der Waals surface area contributed by atoms with E-state index < -0.39 is 0 Å². The van der Waals surface area contributed by atoms with Gasteiger partial charge in [0.2, 0.25) is 5.91 Å². The van der Waals surface area contributed by atoms with E-state index in [0.717, 1.165) is 24.9 Å². The molecule has 1 aromatic rings. The number of benzene rings is 1. The maximum Gasteiger partial charge on any atom is 0.324 e. The molecule has 2 heterocycles. The fourth-order valence-corrected chi connectivity index (χ4v) is 3.08. The minimum Gasteiger partial charge on any atom is -0.336 e. The average Bonchev–Trinajstić information content (AvgIpc) is 3.07. The molecule has 0 radical (unpaired) electrons. The minimum absolute atomic E-state index is 0.0512. The molecule has 1 aromatic carbocycles. The van der Waals surface area contributed by atoms with Gasteiger partial charge in [-0.3, -0.25) is 14.6 Å². The molecule has 21 heavy (non-hydrogen) atoms. The van der Waals surface area contributed by atoms with E-state index in [2.05, 4.69) is 5.32 Å². The van der Waals surface area contributed by atoms with E-state index in [1.54, 1.807) is 6.07 Å². The van der Waals surface area contributed by atoms with Crippen molar-refractivity contribution < 1.29 is 14.0 Å². The third-order valence-electron chi connectivity index (χ3n) is 4.09. The highest BCUT2D eigenvalue weighted by atomic mass is 19.1. The van der Waals surface area contributed by atoms with E-state index in [-0.39, 0.29) is 30.3 Å². The van der Waals surface area contributed by atoms with Gasteiger partial charge in [0.05, 0.1) is 6.54 Å². The predicted molar refractivity (Wildman–Crippen MR) is 75.1 cm³/mol. The Morgan fingerprint density at radius 1 is 1.38 bits per heavy atom. The SMILES string of the molecule is O=C(CN1CCC[C@@H]1c1cccc(F)c1)N1CCNC1=O. The molecule has 0 saturated carbocycles. The lowest BCUT2D eigenvalue weighted by Crippen LogP contribution is -2.41. The Morgan fingerprint density at radius 2 is 2.24 bits per heavy atom. The molecular formula is C15H18FN3O2. The number of likely N-dealkylation sites (tertiary alicyclic amines) is 1. The maximum atomic E-state index is 13.4. The number of nitrogens with zero attached hydrogens (tertiary/aromatic N) is 2. The van der Waals surface area contributed by atoms with Crippen LogP contribution in [-0.4, -0.2) is 47.9 Å². The topological polar surface area (TPSA) is 52.7 Å². The van der Waals surface area contributed by atoms with Crippen LogP contribution in [0.15, 0.2) is 24.3 Å². The van der Waals surface area contributed by atoms with Crippen LogP contribution < -0.4 is 5.32 Å². The molecule has 0 spiro atoms. The van der Waals surface area contributed by atoms with E-state index in [9.17, 15) is 14.0 Å². The van der Waals surface area contributed by atoms with Gasteiger partial charge >= 0.3 is 6.03 Å². The largest absolute Gasteiger partial charge is 0.336 e. The molecule has 1 N–H and O–H groups in total. The number of hydrogen-bond acceptors (Lipinski definition) is 3. The molecule has 0 unspecified atom stereocenters. The van der Waals surface area contributed by atoms with E-state index in [1.165, 1.54) is 17.0 Å². The zero-order valence-corrected chi connectivity index (χ0v) is 11.7.